The maximum Gasteiger partial charge on any atom is 0.258 e. The smallest absolute Gasteiger partial charge is 0.258 e. The van der Waals surface area contributed by atoms with Crippen molar-refractivity contribution in [2.45, 2.75) is 13.0 Å². The molecular formula is C25H19FN4OS. The summed E-state index contributed by atoms with van der Waals surface area (Å²) in [4.78, 5) is 6.61. The Labute approximate surface area is 190 Å². The molecule has 5 rings (SSSR count). The van der Waals surface area contributed by atoms with Crippen molar-refractivity contribution in [1.29, 1.82) is 0 Å². The number of benzene rings is 3. The lowest BCUT2D eigenvalue weighted by molar-refractivity contribution is 0.404. The summed E-state index contributed by atoms with van der Waals surface area (Å²) in [7, 11) is 0. The highest BCUT2D eigenvalue weighted by atomic mass is 32.1. The third-order valence-corrected chi connectivity index (χ3v) is 5.69. The van der Waals surface area contributed by atoms with E-state index in [-0.39, 0.29) is 11.9 Å². The lowest BCUT2D eigenvalue weighted by Crippen LogP contribution is -2.46. The first-order valence-electron chi connectivity index (χ1n) is 10.1. The van der Waals surface area contributed by atoms with Gasteiger partial charge in [-0.1, -0.05) is 53.7 Å². The van der Waals surface area contributed by atoms with Gasteiger partial charge < -0.3 is 9.84 Å². The van der Waals surface area contributed by atoms with Crippen LogP contribution in [0.15, 0.2) is 95.1 Å². The molecule has 158 valence electrons. The van der Waals surface area contributed by atoms with Gasteiger partial charge in [0.25, 0.3) is 5.89 Å². The second-order valence-corrected chi connectivity index (χ2v) is 7.78. The Morgan fingerprint density at radius 3 is 2.28 bits per heavy atom. The van der Waals surface area contributed by atoms with Gasteiger partial charge >= 0.3 is 0 Å². The first-order chi connectivity index (χ1) is 15.6. The lowest BCUT2D eigenvalue weighted by Gasteiger charge is -2.37. The Hall–Kier alpha value is -3.84. The van der Waals surface area contributed by atoms with Crippen LogP contribution in [-0.2, 0) is 0 Å². The molecule has 1 N–H and O–H groups in total. The summed E-state index contributed by atoms with van der Waals surface area (Å²) in [6, 6.07) is 25.6. The Balaban J connectivity index is 1.65. The summed E-state index contributed by atoms with van der Waals surface area (Å²) in [6.45, 7) is 1.99. The van der Waals surface area contributed by atoms with Gasteiger partial charge in [-0.15, -0.1) is 0 Å². The van der Waals surface area contributed by atoms with Crippen LogP contribution in [0.25, 0.3) is 17.0 Å². The minimum atomic E-state index is -0.316. The summed E-state index contributed by atoms with van der Waals surface area (Å²) >= 11 is 5.74. The molecule has 0 saturated carbocycles. The van der Waals surface area contributed by atoms with Gasteiger partial charge in [-0.05, 0) is 61.1 Å². The van der Waals surface area contributed by atoms with Crippen molar-refractivity contribution >= 4 is 28.6 Å². The molecular weight excluding hydrogens is 423 g/mol. The predicted octanol–water partition coefficient (Wildman–Crippen LogP) is 5.74. The van der Waals surface area contributed by atoms with E-state index in [1.807, 2.05) is 72.5 Å². The summed E-state index contributed by atoms with van der Waals surface area (Å²) < 4.78 is 19.0. The van der Waals surface area contributed by atoms with Crippen LogP contribution in [0.2, 0.25) is 0 Å². The number of allylic oxidation sites excluding steroid dienone is 1. The Morgan fingerprint density at radius 2 is 1.59 bits per heavy atom. The molecule has 0 saturated heterocycles. The molecule has 7 heteroatoms. The average Bonchev–Trinajstić information content (AvgIpc) is 3.30. The van der Waals surface area contributed by atoms with Crippen LogP contribution < -0.4 is 10.2 Å². The normalized spacial score (nSPS) is 16.2. The van der Waals surface area contributed by atoms with Crippen LogP contribution in [0.1, 0.15) is 24.4 Å². The second kappa shape index (κ2) is 8.36. The quantitative estimate of drug-likeness (QED) is 0.407. The number of aromatic nitrogens is 2. The fourth-order valence-corrected chi connectivity index (χ4v) is 4.21. The summed E-state index contributed by atoms with van der Waals surface area (Å²) in [5.41, 5.74) is 4.36. The van der Waals surface area contributed by atoms with Crippen molar-refractivity contribution in [3.05, 3.63) is 108 Å². The molecule has 3 aromatic carbocycles. The Kier molecular flexibility index (Phi) is 5.25. The van der Waals surface area contributed by atoms with Gasteiger partial charge in [0.15, 0.2) is 5.11 Å². The van der Waals surface area contributed by atoms with Gasteiger partial charge in [-0.25, -0.2) is 4.39 Å². The van der Waals surface area contributed by atoms with E-state index in [4.69, 9.17) is 16.7 Å². The number of para-hydroxylation sites is 1. The number of hydrogen-bond acceptors (Lipinski definition) is 4. The van der Waals surface area contributed by atoms with Crippen molar-refractivity contribution in [3.8, 4) is 11.4 Å². The monoisotopic (exact) mass is 442 g/mol. The topological polar surface area (TPSA) is 54.2 Å². The van der Waals surface area contributed by atoms with Gasteiger partial charge in [0.1, 0.15) is 5.82 Å². The number of nitrogens with one attached hydrogen (secondary N) is 1. The number of anilines is 1. The number of thiocarbonyl (C=S) groups is 1. The molecule has 0 aliphatic carbocycles. The molecule has 32 heavy (non-hydrogen) atoms. The SMILES string of the molecule is CC1=C(c2nc(-c3ccc(F)cc3)no2)C(c2ccccc2)NC(=S)N1c1ccccc1. The van der Waals surface area contributed by atoms with Crippen LogP contribution in [-0.4, -0.2) is 15.3 Å². The highest BCUT2D eigenvalue weighted by Gasteiger charge is 2.34. The highest BCUT2D eigenvalue weighted by molar-refractivity contribution is 7.80. The van der Waals surface area contributed by atoms with Crippen molar-refractivity contribution in [3.63, 3.8) is 0 Å². The number of hydrogen-bond donors (Lipinski definition) is 1. The van der Waals surface area contributed by atoms with Crippen LogP contribution >= 0.6 is 12.2 Å². The number of nitrogens with zero attached hydrogens (tertiary/aromatic N) is 3. The van der Waals surface area contributed by atoms with E-state index in [1.165, 1.54) is 12.1 Å². The molecule has 0 bridgehead atoms. The molecule has 0 spiro atoms. The molecule has 1 aliphatic rings. The fraction of sp³-hybridized carbons (Fsp3) is 0.0800. The van der Waals surface area contributed by atoms with E-state index in [2.05, 4.69) is 15.5 Å². The first kappa shape index (κ1) is 20.1. The molecule has 1 aliphatic heterocycles. The van der Waals surface area contributed by atoms with E-state index in [1.54, 1.807) is 12.1 Å². The van der Waals surface area contributed by atoms with E-state index in [9.17, 15) is 4.39 Å². The van der Waals surface area contributed by atoms with E-state index < -0.39 is 0 Å². The Bertz CT molecular complexity index is 1290. The predicted molar refractivity (Wildman–Crippen MR) is 126 cm³/mol. The Morgan fingerprint density at radius 1 is 0.938 bits per heavy atom. The summed E-state index contributed by atoms with van der Waals surface area (Å²) in [5, 5.41) is 8.18. The average molecular weight is 443 g/mol. The van der Waals surface area contributed by atoms with Gasteiger partial charge in [0, 0.05) is 16.9 Å². The van der Waals surface area contributed by atoms with Crippen LogP contribution in [0.3, 0.4) is 0 Å². The maximum atomic E-state index is 13.3. The third-order valence-electron chi connectivity index (χ3n) is 5.39. The van der Waals surface area contributed by atoms with Crippen molar-refractivity contribution < 1.29 is 8.91 Å². The van der Waals surface area contributed by atoms with Gasteiger partial charge in [-0.3, -0.25) is 4.90 Å². The van der Waals surface area contributed by atoms with E-state index in [0.29, 0.717) is 22.4 Å². The maximum absolute atomic E-state index is 13.3. The molecule has 1 unspecified atom stereocenters. The number of halogens is 1. The minimum Gasteiger partial charge on any atom is -0.351 e. The van der Waals surface area contributed by atoms with E-state index >= 15 is 0 Å². The second-order valence-electron chi connectivity index (χ2n) is 7.39. The fourth-order valence-electron chi connectivity index (χ4n) is 3.85. The molecule has 4 aromatic rings. The van der Waals surface area contributed by atoms with Crippen molar-refractivity contribution in [1.82, 2.24) is 15.5 Å². The van der Waals surface area contributed by atoms with Crippen LogP contribution in [0, 0.1) is 5.82 Å². The van der Waals surface area contributed by atoms with Gasteiger partial charge in [-0.2, -0.15) is 4.98 Å². The largest absolute Gasteiger partial charge is 0.351 e. The number of rotatable bonds is 4. The van der Waals surface area contributed by atoms with Crippen molar-refractivity contribution in [2.24, 2.45) is 0 Å². The molecule has 1 aromatic heterocycles. The van der Waals surface area contributed by atoms with Gasteiger partial charge in [0.05, 0.1) is 11.6 Å². The molecule has 0 fully saturated rings. The first-order valence-corrected chi connectivity index (χ1v) is 10.5. The molecule has 1 atom stereocenters. The minimum absolute atomic E-state index is 0.259. The zero-order valence-corrected chi connectivity index (χ0v) is 18.0. The van der Waals surface area contributed by atoms with Crippen LogP contribution in [0.5, 0.6) is 0 Å². The molecule has 0 amide bonds. The van der Waals surface area contributed by atoms with Crippen molar-refractivity contribution in [2.75, 3.05) is 4.90 Å². The molecule has 0 radical (unpaired) electrons. The van der Waals surface area contributed by atoms with Crippen LogP contribution in [0.4, 0.5) is 10.1 Å². The molecule has 5 nitrogen and oxygen atoms in total. The zero-order valence-electron chi connectivity index (χ0n) is 17.2. The third kappa shape index (κ3) is 3.67. The van der Waals surface area contributed by atoms with E-state index in [0.717, 1.165) is 22.5 Å². The molecule has 2 heterocycles. The summed E-state index contributed by atoms with van der Waals surface area (Å²) in [6.07, 6.45) is 0. The summed E-state index contributed by atoms with van der Waals surface area (Å²) in [5.74, 6) is 0.460. The van der Waals surface area contributed by atoms with Gasteiger partial charge in [0.2, 0.25) is 5.82 Å². The standard InChI is InChI=1S/C25H19FN4OS/c1-16-21(24-28-23(29-31-24)18-12-14-19(26)15-13-18)22(17-8-4-2-5-9-17)27-25(32)30(16)20-10-6-3-7-11-20/h2-15,22H,1H3,(H,27,32). The zero-order chi connectivity index (χ0) is 22.1. The lowest BCUT2D eigenvalue weighted by atomic mass is 9.94. The highest BCUT2D eigenvalue weighted by Crippen LogP contribution is 2.39.